The van der Waals surface area contributed by atoms with Gasteiger partial charge in [0.15, 0.2) is 8.32 Å². The summed E-state index contributed by atoms with van der Waals surface area (Å²) in [5.41, 5.74) is 0. The van der Waals surface area contributed by atoms with Gasteiger partial charge in [0.25, 0.3) is 0 Å². The van der Waals surface area contributed by atoms with Crippen LogP contribution in [-0.2, 0) is 4.43 Å². The molecule has 0 amide bonds. The molecular formula is C16H34O2S2Si. The van der Waals surface area contributed by atoms with Crippen LogP contribution in [0.4, 0.5) is 0 Å². The first-order valence-electron chi connectivity index (χ1n) is 8.19. The summed E-state index contributed by atoms with van der Waals surface area (Å²) in [5.74, 6) is 2.60. The van der Waals surface area contributed by atoms with Crippen molar-refractivity contribution in [2.75, 3.05) is 11.5 Å². The summed E-state index contributed by atoms with van der Waals surface area (Å²) >= 11 is 3.85. The van der Waals surface area contributed by atoms with Gasteiger partial charge >= 0.3 is 0 Å². The summed E-state index contributed by atoms with van der Waals surface area (Å²) in [7, 11) is -1.77. The maximum absolute atomic E-state index is 10.8. The van der Waals surface area contributed by atoms with Gasteiger partial charge in [-0.2, -0.15) is 0 Å². The van der Waals surface area contributed by atoms with Gasteiger partial charge in [-0.1, -0.05) is 27.7 Å². The summed E-state index contributed by atoms with van der Waals surface area (Å²) < 4.78 is 6.86. The monoisotopic (exact) mass is 350 g/mol. The summed E-state index contributed by atoms with van der Waals surface area (Å²) in [6.45, 7) is 15.8. The summed E-state index contributed by atoms with van der Waals surface area (Å²) in [6, 6.07) is 0. The van der Waals surface area contributed by atoms with E-state index >= 15 is 0 Å². The molecule has 5 heteroatoms. The van der Waals surface area contributed by atoms with E-state index in [1.54, 1.807) is 0 Å². The van der Waals surface area contributed by atoms with Crippen LogP contribution in [0.25, 0.3) is 0 Å². The Morgan fingerprint density at radius 2 is 1.76 bits per heavy atom. The highest BCUT2D eigenvalue weighted by Crippen LogP contribution is 2.41. The van der Waals surface area contributed by atoms with E-state index in [9.17, 15) is 5.11 Å². The van der Waals surface area contributed by atoms with Crippen molar-refractivity contribution in [3.63, 3.8) is 0 Å². The minimum atomic E-state index is -1.77. The Hall–Kier alpha value is 0.837. The van der Waals surface area contributed by atoms with E-state index in [4.69, 9.17) is 4.43 Å². The van der Waals surface area contributed by atoms with Crippen LogP contribution in [0.15, 0.2) is 0 Å². The van der Waals surface area contributed by atoms with Crippen LogP contribution in [0.2, 0.25) is 18.1 Å². The van der Waals surface area contributed by atoms with Crippen LogP contribution in [0.3, 0.4) is 0 Å². The molecular weight excluding hydrogens is 316 g/mol. The zero-order valence-corrected chi connectivity index (χ0v) is 17.4. The van der Waals surface area contributed by atoms with Crippen LogP contribution in [0, 0.1) is 5.92 Å². The van der Waals surface area contributed by atoms with Crippen molar-refractivity contribution in [1.29, 1.82) is 0 Å². The lowest BCUT2D eigenvalue weighted by molar-refractivity contribution is 0.0345. The molecule has 0 aliphatic carbocycles. The molecule has 1 saturated heterocycles. The van der Waals surface area contributed by atoms with Crippen molar-refractivity contribution >= 4 is 31.8 Å². The third kappa shape index (κ3) is 5.45. The predicted octanol–water partition coefficient (Wildman–Crippen LogP) is 4.98. The zero-order valence-electron chi connectivity index (χ0n) is 14.8. The lowest BCUT2D eigenvalue weighted by atomic mass is 9.95. The predicted molar refractivity (Wildman–Crippen MR) is 101 cm³/mol. The molecule has 2 nitrogen and oxygen atoms in total. The minimum absolute atomic E-state index is 0.133. The first-order chi connectivity index (χ1) is 9.60. The van der Waals surface area contributed by atoms with E-state index in [1.807, 2.05) is 23.5 Å². The van der Waals surface area contributed by atoms with Crippen molar-refractivity contribution in [1.82, 2.24) is 0 Å². The van der Waals surface area contributed by atoms with Crippen LogP contribution in [0.1, 0.15) is 47.5 Å². The Kier molecular flexibility index (Phi) is 7.66. The quantitative estimate of drug-likeness (QED) is 0.684. The second-order valence-corrected chi connectivity index (χ2v) is 15.2. The largest absolute Gasteiger partial charge is 0.414 e. The van der Waals surface area contributed by atoms with Gasteiger partial charge in [0.2, 0.25) is 0 Å². The number of rotatable bonds is 6. The third-order valence-corrected chi connectivity index (χ3v) is 12.6. The summed E-state index contributed by atoms with van der Waals surface area (Å²) in [6.07, 6.45) is 2.12. The van der Waals surface area contributed by atoms with E-state index in [2.05, 4.69) is 47.7 Å². The highest BCUT2D eigenvalue weighted by Gasteiger charge is 2.41. The van der Waals surface area contributed by atoms with Crippen LogP contribution in [-0.4, -0.2) is 41.7 Å². The summed E-state index contributed by atoms with van der Waals surface area (Å²) in [5, 5.41) is 11.0. The van der Waals surface area contributed by atoms with Crippen molar-refractivity contribution in [3.05, 3.63) is 0 Å². The molecule has 1 fully saturated rings. The van der Waals surface area contributed by atoms with Gasteiger partial charge in [0.1, 0.15) is 0 Å². The number of hydrogen-bond acceptors (Lipinski definition) is 4. The smallest absolute Gasteiger partial charge is 0.192 e. The molecule has 0 aromatic carbocycles. The fourth-order valence-corrected chi connectivity index (χ4v) is 6.97. The molecule has 0 radical (unpaired) electrons. The molecule has 0 saturated carbocycles. The molecule has 0 aromatic heterocycles. The average Bonchev–Trinajstić information content (AvgIpc) is 2.38. The lowest BCUT2D eigenvalue weighted by Gasteiger charge is -2.42. The number of aliphatic hydroxyl groups is 1. The summed E-state index contributed by atoms with van der Waals surface area (Å²) in [4.78, 5) is 0. The zero-order chi connectivity index (χ0) is 16.3. The highest BCUT2D eigenvalue weighted by atomic mass is 32.2. The first kappa shape index (κ1) is 19.9. The molecule has 21 heavy (non-hydrogen) atoms. The van der Waals surface area contributed by atoms with E-state index in [0.29, 0.717) is 4.58 Å². The Morgan fingerprint density at radius 1 is 1.24 bits per heavy atom. The topological polar surface area (TPSA) is 29.5 Å². The Labute approximate surface area is 141 Å². The van der Waals surface area contributed by atoms with Gasteiger partial charge in [0.05, 0.1) is 10.7 Å². The van der Waals surface area contributed by atoms with Gasteiger partial charge < -0.3 is 9.53 Å². The Balaban J connectivity index is 2.70. The molecule has 0 bridgehead atoms. The maximum Gasteiger partial charge on any atom is 0.192 e. The van der Waals surface area contributed by atoms with Crippen LogP contribution < -0.4 is 0 Å². The highest BCUT2D eigenvalue weighted by molar-refractivity contribution is 8.17. The lowest BCUT2D eigenvalue weighted by Crippen LogP contribution is -2.47. The van der Waals surface area contributed by atoms with E-state index in [-0.39, 0.29) is 23.2 Å². The standard InChI is InChI=1S/C16H34O2S2Si/c1-8-13(14(17)15-19-10-9-11-20-15)12(2)18-21(6,7)16(3,4)5/h12-15,17H,8-11H2,1-7H3/t12-,13-,14+/m0/s1. The number of hydrogen-bond donors (Lipinski definition) is 1. The minimum Gasteiger partial charge on any atom is -0.414 e. The number of aliphatic hydroxyl groups excluding tert-OH is 1. The molecule has 1 aliphatic rings. The number of thioether (sulfide) groups is 2. The van der Waals surface area contributed by atoms with Gasteiger partial charge in [0, 0.05) is 12.0 Å². The Morgan fingerprint density at radius 3 is 2.19 bits per heavy atom. The second-order valence-electron chi connectivity index (χ2n) is 7.61. The Bertz CT molecular complexity index is 312. The molecule has 0 spiro atoms. The van der Waals surface area contributed by atoms with Crippen molar-refractivity contribution in [2.45, 2.75) is 82.4 Å². The normalized spacial score (nSPS) is 22.9. The maximum atomic E-state index is 10.8. The fraction of sp³-hybridized carbons (Fsp3) is 1.00. The van der Waals surface area contributed by atoms with Gasteiger partial charge in [-0.15, -0.1) is 23.5 Å². The van der Waals surface area contributed by atoms with Crippen molar-refractivity contribution < 1.29 is 9.53 Å². The molecule has 0 unspecified atom stereocenters. The molecule has 1 aliphatic heterocycles. The molecule has 3 atom stereocenters. The van der Waals surface area contributed by atoms with Gasteiger partial charge in [-0.05, 0) is 49.4 Å². The second kappa shape index (κ2) is 8.09. The fourth-order valence-electron chi connectivity index (χ4n) is 2.49. The molecule has 126 valence electrons. The first-order valence-corrected chi connectivity index (χ1v) is 13.2. The van der Waals surface area contributed by atoms with Crippen LogP contribution >= 0.6 is 23.5 Å². The molecule has 1 N–H and O–H groups in total. The van der Waals surface area contributed by atoms with Crippen molar-refractivity contribution in [3.8, 4) is 0 Å². The van der Waals surface area contributed by atoms with Gasteiger partial charge in [-0.3, -0.25) is 0 Å². The van der Waals surface area contributed by atoms with E-state index in [1.165, 1.54) is 17.9 Å². The van der Waals surface area contributed by atoms with Gasteiger partial charge in [-0.25, -0.2) is 0 Å². The third-order valence-electron chi connectivity index (χ3n) is 4.93. The molecule has 1 rings (SSSR count). The SMILES string of the molecule is CC[C@@H]([C@H](C)O[Si](C)(C)C(C)(C)C)[C@@H](O)C1SCCCS1. The van der Waals surface area contributed by atoms with E-state index in [0.717, 1.165) is 6.42 Å². The molecule has 1 heterocycles. The molecule has 0 aromatic rings. The van der Waals surface area contributed by atoms with E-state index < -0.39 is 8.32 Å². The van der Waals surface area contributed by atoms with Crippen molar-refractivity contribution in [2.24, 2.45) is 5.92 Å². The van der Waals surface area contributed by atoms with Crippen LogP contribution in [0.5, 0.6) is 0 Å². The average molecular weight is 351 g/mol.